The van der Waals surface area contributed by atoms with Crippen LogP contribution in [0.1, 0.15) is 12.8 Å². The predicted octanol–water partition coefficient (Wildman–Crippen LogP) is -1.21. The molecule has 0 saturated carbocycles. The maximum absolute atomic E-state index is 9.68. The molecule has 0 unspecified atom stereocenters. The number of hydrogen-bond acceptors (Lipinski definition) is 4. The van der Waals surface area contributed by atoms with E-state index >= 15 is 0 Å². The maximum Gasteiger partial charge on any atom is 0.0712 e. The van der Waals surface area contributed by atoms with Crippen LogP contribution in [0.5, 0.6) is 0 Å². The highest BCUT2D eigenvalue weighted by atomic mass is 16.3. The third-order valence-electron chi connectivity index (χ3n) is 3.38. The van der Waals surface area contributed by atoms with Crippen LogP contribution in [0.4, 0.5) is 0 Å². The first-order valence-electron chi connectivity index (χ1n) is 4.95. The zero-order valence-electron chi connectivity index (χ0n) is 7.63. The molecule has 4 atom stereocenters. The lowest BCUT2D eigenvalue weighted by Gasteiger charge is -2.40. The van der Waals surface area contributed by atoms with E-state index in [0.717, 1.165) is 19.5 Å². The fourth-order valence-electron chi connectivity index (χ4n) is 2.65. The topological polar surface area (TPSA) is 63.9 Å². The lowest BCUT2D eigenvalue weighted by atomic mass is 9.86. The van der Waals surface area contributed by atoms with Gasteiger partial charge in [0.2, 0.25) is 0 Å². The Labute approximate surface area is 77.8 Å². The van der Waals surface area contributed by atoms with Gasteiger partial charge in [0.15, 0.2) is 0 Å². The van der Waals surface area contributed by atoms with Gasteiger partial charge in [-0.05, 0) is 12.8 Å². The first-order chi connectivity index (χ1) is 6.24. The van der Waals surface area contributed by atoms with Crippen LogP contribution in [-0.2, 0) is 0 Å². The Morgan fingerprint density at radius 3 is 2.31 bits per heavy atom. The Morgan fingerprint density at radius 2 is 1.69 bits per heavy atom. The molecule has 0 amide bonds. The summed E-state index contributed by atoms with van der Waals surface area (Å²) >= 11 is 0. The fourth-order valence-corrected chi connectivity index (χ4v) is 2.65. The number of fused-ring (bicyclic) bond motifs is 1. The monoisotopic (exact) mass is 187 g/mol. The summed E-state index contributed by atoms with van der Waals surface area (Å²) in [5.74, 6) is -0.161. The molecule has 0 bridgehead atoms. The summed E-state index contributed by atoms with van der Waals surface area (Å²) in [5.41, 5.74) is 0. The van der Waals surface area contributed by atoms with Crippen molar-refractivity contribution in [1.82, 2.24) is 4.90 Å². The van der Waals surface area contributed by atoms with Gasteiger partial charge in [-0.2, -0.15) is 0 Å². The molecule has 2 rings (SSSR count). The second kappa shape index (κ2) is 3.53. The van der Waals surface area contributed by atoms with Crippen molar-refractivity contribution in [3.8, 4) is 0 Å². The number of aliphatic hydroxyl groups excluding tert-OH is 3. The number of nitrogens with zero attached hydrogens (tertiary/aromatic N) is 1. The van der Waals surface area contributed by atoms with Crippen LogP contribution < -0.4 is 0 Å². The maximum atomic E-state index is 9.68. The molecule has 2 fully saturated rings. The zero-order chi connectivity index (χ0) is 9.42. The summed E-state index contributed by atoms with van der Waals surface area (Å²) in [6.07, 6.45) is 0.675. The van der Waals surface area contributed by atoms with Crippen LogP contribution >= 0.6 is 0 Å². The van der Waals surface area contributed by atoms with Crippen LogP contribution in [-0.4, -0.2) is 58.2 Å². The summed E-state index contributed by atoms with van der Waals surface area (Å²) in [7, 11) is 0. The van der Waals surface area contributed by atoms with Crippen molar-refractivity contribution in [2.75, 3.05) is 19.7 Å². The normalized spacial score (nSPS) is 46.4. The summed E-state index contributed by atoms with van der Waals surface area (Å²) in [6.45, 7) is 1.72. The van der Waals surface area contributed by atoms with Crippen LogP contribution in [0.3, 0.4) is 0 Å². The molecule has 2 aliphatic rings. The van der Waals surface area contributed by atoms with Gasteiger partial charge in [-0.15, -0.1) is 0 Å². The minimum absolute atomic E-state index is 0.0197. The third-order valence-corrected chi connectivity index (χ3v) is 3.38. The Hall–Kier alpha value is -0.160. The van der Waals surface area contributed by atoms with Gasteiger partial charge in [-0.3, -0.25) is 4.90 Å². The summed E-state index contributed by atoms with van der Waals surface area (Å²) in [4.78, 5) is 2.18. The average Bonchev–Trinajstić information content (AvgIpc) is 2.49. The molecule has 0 aromatic rings. The Balaban J connectivity index is 2.12. The van der Waals surface area contributed by atoms with Gasteiger partial charge in [-0.25, -0.2) is 0 Å². The molecule has 13 heavy (non-hydrogen) atoms. The molecule has 2 saturated heterocycles. The summed E-state index contributed by atoms with van der Waals surface area (Å²) in [5, 5.41) is 28.4. The molecule has 0 spiro atoms. The minimum atomic E-state index is -0.445. The van der Waals surface area contributed by atoms with Crippen molar-refractivity contribution in [2.45, 2.75) is 31.1 Å². The van der Waals surface area contributed by atoms with Crippen molar-refractivity contribution in [3.05, 3.63) is 0 Å². The molecule has 4 nitrogen and oxygen atoms in total. The standard InChI is InChI=1S/C9H17NO3/c11-5-6-7(12)1-3-10-4-2-8(13)9(6)10/h6-9,11-13H,1-5H2/t6-,7-,8+,9+/m1/s1. The zero-order valence-corrected chi connectivity index (χ0v) is 7.63. The molecule has 2 heterocycles. The van der Waals surface area contributed by atoms with Crippen molar-refractivity contribution in [1.29, 1.82) is 0 Å². The van der Waals surface area contributed by atoms with Crippen LogP contribution in [0, 0.1) is 5.92 Å². The van der Waals surface area contributed by atoms with E-state index in [9.17, 15) is 10.2 Å². The molecule has 0 aliphatic carbocycles. The van der Waals surface area contributed by atoms with Gasteiger partial charge in [0.05, 0.1) is 12.2 Å². The second-order valence-electron chi connectivity index (χ2n) is 4.09. The largest absolute Gasteiger partial charge is 0.396 e. The number of piperidine rings is 1. The molecule has 0 aromatic carbocycles. The van der Waals surface area contributed by atoms with E-state index in [2.05, 4.69) is 4.90 Å². The summed E-state index contributed by atoms with van der Waals surface area (Å²) < 4.78 is 0. The molecular formula is C9H17NO3. The van der Waals surface area contributed by atoms with E-state index in [1.807, 2.05) is 0 Å². The number of rotatable bonds is 1. The number of aliphatic hydroxyl groups is 3. The average molecular weight is 187 g/mol. The van der Waals surface area contributed by atoms with Crippen molar-refractivity contribution in [3.63, 3.8) is 0 Å². The van der Waals surface area contributed by atoms with E-state index in [1.54, 1.807) is 0 Å². The van der Waals surface area contributed by atoms with E-state index in [0.29, 0.717) is 6.42 Å². The van der Waals surface area contributed by atoms with Crippen molar-refractivity contribution >= 4 is 0 Å². The fraction of sp³-hybridized carbons (Fsp3) is 1.00. The smallest absolute Gasteiger partial charge is 0.0712 e. The van der Waals surface area contributed by atoms with E-state index in [4.69, 9.17) is 5.11 Å². The highest BCUT2D eigenvalue weighted by Gasteiger charge is 2.44. The Kier molecular flexibility index (Phi) is 2.55. The van der Waals surface area contributed by atoms with Crippen molar-refractivity contribution < 1.29 is 15.3 Å². The molecule has 4 heteroatoms. The molecule has 76 valence electrons. The van der Waals surface area contributed by atoms with Gasteiger partial charge < -0.3 is 15.3 Å². The highest BCUT2D eigenvalue weighted by molar-refractivity contribution is 4.97. The summed E-state index contributed by atoms with van der Waals surface area (Å²) in [6, 6.07) is -0.0197. The van der Waals surface area contributed by atoms with E-state index < -0.39 is 6.10 Å². The Bertz CT molecular complexity index is 188. The molecular weight excluding hydrogens is 170 g/mol. The quantitative estimate of drug-likeness (QED) is 0.482. The Morgan fingerprint density at radius 1 is 1.08 bits per heavy atom. The SMILES string of the molecule is OC[C@H]1[C@H]2[C@@H](O)CCN2CC[C@H]1O. The first-order valence-corrected chi connectivity index (χ1v) is 4.95. The predicted molar refractivity (Wildman–Crippen MR) is 47.2 cm³/mol. The lowest BCUT2D eigenvalue weighted by Crippen LogP contribution is -2.52. The molecule has 3 N–H and O–H groups in total. The van der Waals surface area contributed by atoms with Crippen LogP contribution in [0.2, 0.25) is 0 Å². The highest BCUT2D eigenvalue weighted by Crippen LogP contribution is 2.31. The van der Waals surface area contributed by atoms with Gasteiger partial charge in [0.25, 0.3) is 0 Å². The number of hydrogen-bond donors (Lipinski definition) is 3. The second-order valence-corrected chi connectivity index (χ2v) is 4.09. The van der Waals surface area contributed by atoms with E-state index in [-0.39, 0.29) is 24.7 Å². The molecule has 2 aliphatic heterocycles. The minimum Gasteiger partial charge on any atom is -0.396 e. The van der Waals surface area contributed by atoms with Crippen molar-refractivity contribution in [2.24, 2.45) is 5.92 Å². The van der Waals surface area contributed by atoms with Gasteiger partial charge in [0, 0.05) is 31.7 Å². The van der Waals surface area contributed by atoms with Gasteiger partial charge >= 0.3 is 0 Å². The third kappa shape index (κ3) is 1.48. The first kappa shape index (κ1) is 9.40. The molecule has 0 radical (unpaired) electrons. The van der Waals surface area contributed by atoms with Gasteiger partial charge in [0.1, 0.15) is 0 Å². The van der Waals surface area contributed by atoms with Gasteiger partial charge in [-0.1, -0.05) is 0 Å². The lowest BCUT2D eigenvalue weighted by molar-refractivity contribution is -0.0520. The van der Waals surface area contributed by atoms with Crippen LogP contribution in [0.25, 0.3) is 0 Å². The van der Waals surface area contributed by atoms with Crippen LogP contribution in [0.15, 0.2) is 0 Å². The molecule has 0 aromatic heterocycles. The van der Waals surface area contributed by atoms with E-state index in [1.165, 1.54) is 0 Å².